The minimum Gasteiger partial charge on any atom is -0.300 e. The lowest BCUT2D eigenvalue weighted by molar-refractivity contribution is -0.119. The summed E-state index contributed by atoms with van der Waals surface area (Å²) in [5.74, 6) is 0.145. The van der Waals surface area contributed by atoms with Crippen LogP contribution in [-0.2, 0) is 20.4 Å². The fraction of sp³-hybridized carbons (Fsp3) is 0.333. The van der Waals surface area contributed by atoms with Gasteiger partial charge in [0.25, 0.3) is 0 Å². The van der Waals surface area contributed by atoms with E-state index in [1.165, 1.54) is 0 Å². The van der Waals surface area contributed by atoms with Crippen molar-refractivity contribution in [2.45, 2.75) is 37.5 Å². The lowest BCUT2D eigenvalue weighted by atomic mass is 10.1. The highest BCUT2D eigenvalue weighted by Crippen LogP contribution is 2.21. The third kappa shape index (κ3) is 4.34. The van der Waals surface area contributed by atoms with E-state index in [0.717, 1.165) is 10.8 Å². The van der Waals surface area contributed by atoms with Crippen LogP contribution in [0.2, 0.25) is 0 Å². The first kappa shape index (κ1) is 16.6. The zero-order chi connectivity index (χ0) is 15.9. The molecule has 0 fully saturated rings. The number of carbonyl (C=O) groups excluding carboxylic acids is 2. The number of hydrogen-bond acceptors (Lipinski definition) is 3. The van der Waals surface area contributed by atoms with E-state index in [0.29, 0.717) is 30.6 Å². The zero-order valence-electron chi connectivity index (χ0n) is 12.7. The van der Waals surface area contributed by atoms with Crippen molar-refractivity contribution in [1.29, 1.82) is 0 Å². The Morgan fingerprint density at radius 3 is 2.41 bits per heavy atom. The highest BCUT2D eigenvalue weighted by Gasteiger charge is 2.13. The van der Waals surface area contributed by atoms with Crippen molar-refractivity contribution in [2.24, 2.45) is 0 Å². The van der Waals surface area contributed by atoms with E-state index in [4.69, 9.17) is 0 Å². The zero-order valence-corrected chi connectivity index (χ0v) is 13.5. The molecule has 0 bridgehead atoms. The Bertz CT molecular complexity index is 701. The molecule has 4 heteroatoms. The molecule has 0 N–H and O–H groups in total. The Kier molecular flexibility index (Phi) is 6.01. The maximum Gasteiger partial charge on any atom is 0.145 e. The Balaban J connectivity index is 1.99. The first-order chi connectivity index (χ1) is 10.6. The van der Waals surface area contributed by atoms with Gasteiger partial charge < -0.3 is 0 Å². The van der Waals surface area contributed by atoms with E-state index in [9.17, 15) is 13.8 Å². The van der Waals surface area contributed by atoms with Gasteiger partial charge in [0.15, 0.2) is 0 Å². The summed E-state index contributed by atoms with van der Waals surface area (Å²) in [6.45, 7) is 1.82. The molecule has 22 heavy (non-hydrogen) atoms. The summed E-state index contributed by atoms with van der Waals surface area (Å²) in [5.41, 5.74) is 0. The van der Waals surface area contributed by atoms with Crippen LogP contribution in [0.5, 0.6) is 0 Å². The molecular weight excluding hydrogens is 296 g/mol. The summed E-state index contributed by atoms with van der Waals surface area (Å²) >= 11 is 0. The van der Waals surface area contributed by atoms with E-state index in [-0.39, 0.29) is 17.3 Å². The second-order valence-electron chi connectivity index (χ2n) is 5.25. The Morgan fingerprint density at radius 2 is 1.64 bits per heavy atom. The predicted molar refractivity (Wildman–Crippen MR) is 89.4 cm³/mol. The van der Waals surface area contributed by atoms with E-state index in [1.807, 2.05) is 49.4 Å². The van der Waals surface area contributed by atoms with Gasteiger partial charge in [0.2, 0.25) is 0 Å². The number of fused-ring (bicyclic) bond motifs is 1. The van der Waals surface area contributed by atoms with Crippen LogP contribution in [0.15, 0.2) is 47.4 Å². The molecular formula is C18H20O3S. The molecule has 0 spiro atoms. The smallest absolute Gasteiger partial charge is 0.145 e. The lowest BCUT2D eigenvalue weighted by Gasteiger charge is -2.06. The van der Waals surface area contributed by atoms with Crippen LogP contribution in [0, 0.1) is 0 Å². The van der Waals surface area contributed by atoms with Gasteiger partial charge in [-0.1, -0.05) is 43.3 Å². The fourth-order valence-corrected chi connectivity index (χ4v) is 3.60. The molecule has 0 heterocycles. The average molecular weight is 316 g/mol. The van der Waals surface area contributed by atoms with Gasteiger partial charge in [-0.05, 0) is 23.3 Å². The minimum absolute atomic E-state index is 0.0221. The van der Waals surface area contributed by atoms with Crippen molar-refractivity contribution in [3.8, 4) is 0 Å². The van der Waals surface area contributed by atoms with E-state index in [2.05, 4.69) is 0 Å². The fourth-order valence-electron chi connectivity index (χ4n) is 2.35. The van der Waals surface area contributed by atoms with Crippen LogP contribution in [0.1, 0.15) is 32.6 Å². The molecule has 0 aliphatic rings. The quantitative estimate of drug-likeness (QED) is 0.746. The van der Waals surface area contributed by atoms with Gasteiger partial charge in [-0.3, -0.25) is 13.8 Å². The largest absolute Gasteiger partial charge is 0.300 e. The van der Waals surface area contributed by atoms with Crippen LogP contribution in [0.3, 0.4) is 0 Å². The molecule has 0 amide bonds. The molecule has 0 radical (unpaired) electrons. The van der Waals surface area contributed by atoms with Crippen molar-refractivity contribution in [3.63, 3.8) is 0 Å². The van der Waals surface area contributed by atoms with Gasteiger partial charge in [0, 0.05) is 24.2 Å². The molecule has 0 aromatic heterocycles. The van der Waals surface area contributed by atoms with Crippen molar-refractivity contribution in [3.05, 3.63) is 42.5 Å². The summed E-state index contributed by atoms with van der Waals surface area (Å²) in [6, 6.07) is 13.4. The summed E-state index contributed by atoms with van der Waals surface area (Å²) in [4.78, 5) is 23.8. The molecule has 1 atom stereocenters. The maximum atomic E-state index is 12.4. The van der Waals surface area contributed by atoms with Gasteiger partial charge in [0.1, 0.15) is 11.6 Å². The molecule has 2 aromatic rings. The Labute approximate surface area is 133 Å². The maximum absolute atomic E-state index is 12.4. The summed E-state index contributed by atoms with van der Waals surface area (Å²) in [6.07, 6.45) is 1.82. The molecule has 0 saturated heterocycles. The second kappa shape index (κ2) is 7.99. The third-order valence-electron chi connectivity index (χ3n) is 3.59. The first-order valence-electron chi connectivity index (χ1n) is 7.51. The molecule has 0 aliphatic heterocycles. The number of hydrogen-bond donors (Lipinski definition) is 0. The highest BCUT2D eigenvalue weighted by atomic mass is 32.2. The van der Waals surface area contributed by atoms with Crippen molar-refractivity contribution >= 4 is 33.1 Å². The third-order valence-corrected chi connectivity index (χ3v) is 5.02. The van der Waals surface area contributed by atoms with Crippen LogP contribution < -0.4 is 0 Å². The van der Waals surface area contributed by atoms with Crippen molar-refractivity contribution in [2.75, 3.05) is 5.75 Å². The van der Waals surface area contributed by atoms with Crippen molar-refractivity contribution < 1.29 is 13.8 Å². The molecule has 3 nitrogen and oxygen atoms in total. The van der Waals surface area contributed by atoms with Crippen LogP contribution >= 0.6 is 0 Å². The Hall–Kier alpha value is -1.81. The highest BCUT2D eigenvalue weighted by molar-refractivity contribution is 7.86. The SMILES string of the molecule is CCC(=O)CCCC(=O)CS(=O)c1cccc2ccccc12. The second-order valence-corrected chi connectivity index (χ2v) is 6.67. The van der Waals surface area contributed by atoms with Gasteiger partial charge in [0.05, 0.1) is 16.6 Å². The molecule has 2 rings (SSSR count). The van der Waals surface area contributed by atoms with Gasteiger partial charge >= 0.3 is 0 Å². The van der Waals surface area contributed by atoms with Gasteiger partial charge in [-0.15, -0.1) is 0 Å². The lowest BCUT2D eigenvalue weighted by Crippen LogP contribution is -2.11. The molecule has 116 valence electrons. The number of rotatable bonds is 8. The number of benzene rings is 2. The normalized spacial score (nSPS) is 12.2. The van der Waals surface area contributed by atoms with E-state index >= 15 is 0 Å². The van der Waals surface area contributed by atoms with Gasteiger partial charge in [-0.25, -0.2) is 0 Å². The topological polar surface area (TPSA) is 51.2 Å². The minimum atomic E-state index is -1.34. The van der Waals surface area contributed by atoms with Crippen LogP contribution in [0.25, 0.3) is 10.8 Å². The molecule has 0 saturated carbocycles. The standard InChI is InChI=1S/C18H20O3S/c1-2-15(19)9-6-10-16(20)13-22(21)18-12-5-8-14-7-3-4-11-17(14)18/h3-5,7-8,11-12H,2,6,9-10,13H2,1H3. The predicted octanol–water partition coefficient (Wildman–Crippen LogP) is 3.67. The van der Waals surface area contributed by atoms with E-state index in [1.54, 1.807) is 0 Å². The molecule has 0 aliphatic carbocycles. The average Bonchev–Trinajstić information content (AvgIpc) is 2.54. The number of carbonyl (C=O) groups is 2. The molecule has 1 unspecified atom stereocenters. The Morgan fingerprint density at radius 1 is 0.955 bits per heavy atom. The van der Waals surface area contributed by atoms with Gasteiger partial charge in [-0.2, -0.15) is 0 Å². The van der Waals surface area contributed by atoms with E-state index < -0.39 is 10.8 Å². The summed E-state index contributed by atoms with van der Waals surface area (Å²) < 4.78 is 12.4. The summed E-state index contributed by atoms with van der Waals surface area (Å²) in [7, 11) is -1.34. The number of ketones is 2. The van der Waals surface area contributed by atoms with Crippen LogP contribution in [0.4, 0.5) is 0 Å². The monoisotopic (exact) mass is 316 g/mol. The van der Waals surface area contributed by atoms with Crippen molar-refractivity contribution in [1.82, 2.24) is 0 Å². The first-order valence-corrected chi connectivity index (χ1v) is 8.83. The number of Topliss-reactive ketones (excluding diaryl/α,β-unsaturated/α-hetero) is 2. The summed E-state index contributed by atoms with van der Waals surface area (Å²) in [5, 5.41) is 1.95. The van der Waals surface area contributed by atoms with Crippen LogP contribution in [-0.4, -0.2) is 21.5 Å². The molecule has 2 aromatic carbocycles.